The van der Waals surface area contributed by atoms with Gasteiger partial charge in [-0.15, -0.1) is 0 Å². The highest BCUT2D eigenvalue weighted by molar-refractivity contribution is 5.46. The Kier molecular flexibility index (Phi) is 5.83. The van der Waals surface area contributed by atoms with Gasteiger partial charge in [-0.1, -0.05) is 32.6 Å². The van der Waals surface area contributed by atoms with Crippen molar-refractivity contribution in [2.75, 3.05) is 11.9 Å². The van der Waals surface area contributed by atoms with Gasteiger partial charge in [0.15, 0.2) is 0 Å². The van der Waals surface area contributed by atoms with Crippen molar-refractivity contribution < 1.29 is 0 Å². The molecule has 0 saturated heterocycles. The maximum atomic E-state index is 4.24. The fourth-order valence-corrected chi connectivity index (χ4v) is 1.62. The van der Waals surface area contributed by atoms with Gasteiger partial charge >= 0.3 is 0 Å². The molecule has 0 fully saturated rings. The fraction of sp³-hybridized carbons (Fsp3) is 0.615. The van der Waals surface area contributed by atoms with Crippen molar-refractivity contribution in [3.63, 3.8) is 0 Å². The normalized spacial score (nSPS) is 10.3. The molecule has 1 rings (SSSR count). The van der Waals surface area contributed by atoms with E-state index in [0.29, 0.717) is 0 Å². The van der Waals surface area contributed by atoms with Gasteiger partial charge in [-0.2, -0.15) is 0 Å². The van der Waals surface area contributed by atoms with E-state index < -0.39 is 0 Å². The lowest BCUT2D eigenvalue weighted by Gasteiger charge is -2.07. The molecule has 0 aromatic carbocycles. The lowest BCUT2D eigenvalue weighted by Crippen LogP contribution is -2.03. The van der Waals surface area contributed by atoms with Gasteiger partial charge in [0.25, 0.3) is 0 Å². The fourth-order valence-electron chi connectivity index (χ4n) is 1.62. The Balaban J connectivity index is 2.12. The second-order valence-corrected chi connectivity index (χ2v) is 3.98. The molecule has 2 heteroatoms. The first-order chi connectivity index (χ1) is 7.34. The Labute approximate surface area is 93.1 Å². The third-order valence-electron chi connectivity index (χ3n) is 2.60. The number of hydrogen-bond acceptors (Lipinski definition) is 2. The molecule has 0 radical (unpaired) electrons. The van der Waals surface area contributed by atoms with E-state index in [0.717, 1.165) is 12.2 Å². The Morgan fingerprint density at radius 1 is 1.20 bits per heavy atom. The topological polar surface area (TPSA) is 24.9 Å². The summed E-state index contributed by atoms with van der Waals surface area (Å²) in [5.74, 6) is 0. The molecule has 0 spiro atoms. The second-order valence-electron chi connectivity index (χ2n) is 3.98. The Bertz CT molecular complexity index is 271. The number of anilines is 1. The number of unbranched alkanes of at least 4 members (excludes halogenated alkanes) is 4. The van der Waals surface area contributed by atoms with Crippen molar-refractivity contribution in [3.8, 4) is 0 Å². The van der Waals surface area contributed by atoms with E-state index in [4.69, 9.17) is 0 Å². The smallest absolute Gasteiger partial charge is 0.0603 e. The van der Waals surface area contributed by atoms with Gasteiger partial charge in [0.05, 0.1) is 11.4 Å². The number of nitrogens with zero attached hydrogens (tertiary/aromatic N) is 1. The summed E-state index contributed by atoms with van der Waals surface area (Å²) in [4.78, 5) is 4.24. The largest absolute Gasteiger partial charge is 0.384 e. The van der Waals surface area contributed by atoms with Gasteiger partial charge in [-0.05, 0) is 25.5 Å². The summed E-state index contributed by atoms with van der Waals surface area (Å²) in [6, 6.07) is 4.07. The summed E-state index contributed by atoms with van der Waals surface area (Å²) in [5, 5.41) is 3.43. The summed E-state index contributed by atoms with van der Waals surface area (Å²) in [7, 11) is 0. The summed E-state index contributed by atoms with van der Waals surface area (Å²) in [6.07, 6.45) is 8.47. The minimum Gasteiger partial charge on any atom is -0.384 e. The zero-order valence-electron chi connectivity index (χ0n) is 9.92. The average molecular weight is 206 g/mol. The Hall–Kier alpha value is -1.05. The molecule has 2 nitrogen and oxygen atoms in total. The zero-order chi connectivity index (χ0) is 10.9. The first-order valence-electron chi connectivity index (χ1n) is 6.00. The standard InChI is InChI=1S/C13H22N2/c1-3-4-5-6-7-10-15-13-9-8-11-14-12(13)2/h8-9,11,15H,3-7,10H2,1-2H3. The molecule has 1 heterocycles. The van der Waals surface area contributed by atoms with Gasteiger partial charge < -0.3 is 5.32 Å². The molecule has 0 saturated carbocycles. The predicted molar refractivity (Wildman–Crippen MR) is 66.2 cm³/mol. The van der Waals surface area contributed by atoms with Crippen LogP contribution in [0, 0.1) is 6.92 Å². The van der Waals surface area contributed by atoms with Gasteiger partial charge in [0, 0.05) is 12.7 Å². The summed E-state index contributed by atoms with van der Waals surface area (Å²) in [5.41, 5.74) is 2.26. The van der Waals surface area contributed by atoms with Crippen LogP contribution >= 0.6 is 0 Å². The van der Waals surface area contributed by atoms with Gasteiger partial charge in [-0.25, -0.2) is 0 Å². The molecule has 1 aromatic rings. The van der Waals surface area contributed by atoms with Crippen molar-refractivity contribution in [2.24, 2.45) is 0 Å². The summed E-state index contributed by atoms with van der Waals surface area (Å²) < 4.78 is 0. The minimum absolute atomic E-state index is 1.07. The number of pyridine rings is 1. The van der Waals surface area contributed by atoms with Crippen LogP contribution in [0.25, 0.3) is 0 Å². The quantitative estimate of drug-likeness (QED) is 0.687. The molecule has 1 aromatic heterocycles. The van der Waals surface area contributed by atoms with Gasteiger partial charge in [0.1, 0.15) is 0 Å². The van der Waals surface area contributed by atoms with Gasteiger partial charge in [0.2, 0.25) is 0 Å². The van der Waals surface area contributed by atoms with E-state index in [-0.39, 0.29) is 0 Å². The van der Waals surface area contributed by atoms with Crippen LogP contribution in [0.4, 0.5) is 5.69 Å². The highest BCUT2D eigenvalue weighted by atomic mass is 14.9. The molecule has 0 aliphatic heterocycles. The molecule has 15 heavy (non-hydrogen) atoms. The first kappa shape index (κ1) is 12.0. The first-order valence-corrected chi connectivity index (χ1v) is 6.00. The van der Waals surface area contributed by atoms with Crippen molar-refractivity contribution in [1.82, 2.24) is 4.98 Å². The highest BCUT2D eigenvalue weighted by Gasteiger charge is 1.95. The van der Waals surface area contributed by atoms with E-state index in [1.807, 2.05) is 19.2 Å². The SMILES string of the molecule is CCCCCCCNc1cccnc1C. The molecule has 1 N–H and O–H groups in total. The van der Waals surface area contributed by atoms with Crippen LogP contribution in [-0.2, 0) is 0 Å². The highest BCUT2D eigenvalue weighted by Crippen LogP contribution is 2.10. The van der Waals surface area contributed by atoms with Crippen LogP contribution in [0.1, 0.15) is 44.7 Å². The molecule has 0 unspecified atom stereocenters. The number of aryl methyl sites for hydroxylation is 1. The van der Waals surface area contributed by atoms with Crippen LogP contribution in [0.2, 0.25) is 0 Å². The number of aromatic nitrogens is 1. The molecule has 0 aliphatic carbocycles. The zero-order valence-corrected chi connectivity index (χ0v) is 9.92. The molecule has 0 amide bonds. The van der Waals surface area contributed by atoms with Crippen LogP contribution in [0.15, 0.2) is 18.3 Å². The van der Waals surface area contributed by atoms with E-state index in [1.165, 1.54) is 37.8 Å². The number of nitrogens with one attached hydrogen (secondary N) is 1. The van der Waals surface area contributed by atoms with Crippen molar-refractivity contribution in [2.45, 2.75) is 46.0 Å². The minimum atomic E-state index is 1.07. The maximum Gasteiger partial charge on any atom is 0.0603 e. The van der Waals surface area contributed by atoms with Crippen molar-refractivity contribution in [1.29, 1.82) is 0 Å². The van der Waals surface area contributed by atoms with E-state index in [2.05, 4.69) is 23.3 Å². The summed E-state index contributed by atoms with van der Waals surface area (Å²) >= 11 is 0. The average Bonchev–Trinajstić information content (AvgIpc) is 2.25. The number of rotatable bonds is 7. The predicted octanol–water partition coefficient (Wildman–Crippen LogP) is 3.77. The number of hydrogen-bond donors (Lipinski definition) is 1. The third kappa shape index (κ3) is 4.82. The van der Waals surface area contributed by atoms with Crippen LogP contribution in [0.3, 0.4) is 0 Å². The molecule has 0 bridgehead atoms. The molecule has 0 atom stereocenters. The molecular formula is C13H22N2. The van der Waals surface area contributed by atoms with E-state index in [9.17, 15) is 0 Å². The van der Waals surface area contributed by atoms with Crippen LogP contribution in [0.5, 0.6) is 0 Å². The van der Waals surface area contributed by atoms with Crippen molar-refractivity contribution in [3.05, 3.63) is 24.0 Å². The molecular weight excluding hydrogens is 184 g/mol. The van der Waals surface area contributed by atoms with E-state index >= 15 is 0 Å². The van der Waals surface area contributed by atoms with Crippen LogP contribution in [-0.4, -0.2) is 11.5 Å². The maximum absolute atomic E-state index is 4.24. The second kappa shape index (κ2) is 7.27. The summed E-state index contributed by atoms with van der Waals surface area (Å²) in [6.45, 7) is 5.35. The Morgan fingerprint density at radius 3 is 2.73 bits per heavy atom. The van der Waals surface area contributed by atoms with Crippen molar-refractivity contribution >= 4 is 5.69 Å². The van der Waals surface area contributed by atoms with Crippen LogP contribution < -0.4 is 5.32 Å². The monoisotopic (exact) mass is 206 g/mol. The lowest BCUT2D eigenvalue weighted by molar-refractivity contribution is 0.645. The Morgan fingerprint density at radius 2 is 2.00 bits per heavy atom. The van der Waals surface area contributed by atoms with E-state index in [1.54, 1.807) is 0 Å². The molecule has 84 valence electrons. The van der Waals surface area contributed by atoms with Gasteiger partial charge in [-0.3, -0.25) is 4.98 Å². The molecule has 0 aliphatic rings. The third-order valence-corrected chi connectivity index (χ3v) is 2.60. The lowest BCUT2D eigenvalue weighted by atomic mass is 10.1.